The molecule has 5 nitrogen and oxygen atoms in total. The highest BCUT2D eigenvalue weighted by atomic mass is 32.1. The van der Waals surface area contributed by atoms with Crippen LogP contribution in [0, 0.1) is 5.41 Å². The molecule has 2 N–H and O–H groups in total. The molecule has 6 heteroatoms. The predicted molar refractivity (Wildman–Crippen MR) is 76.1 cm³/mol. The summed E-state index contributed by atoms with van der Waals surface area (Å²) in [6.45, 7) is 3.79. The molecule has 0 radical (unpaired) electrons. The normalized spacial score (nSPS) is 10.9. The molecule has 0 aromatic rings. The lowest BCUT2D eigenvalue weighted by Crippen LogP contribution is -2.50. The van der Waals surface area contributed by atoms with Gasteiger partial charge in [-0.3, -0.25) is 9.59 Å². The Kier molecular flexibility index (Phi) is 6.25. The van der Waals surface area contributed by atoms with Crippen molar-refractivity contribution >= 4 is 29.0 Å². The summed E-state index contributed by atoms with van der Waals surface area (Å²) in [6, 6.07) is 0. The van der Waals surface area contributed by atoms with Crippen molar-refractivity contribution in [2.24, 2.45) is 11.1 Å². The van der Waals surface area contributed by atoms with E-state index in [1.807, 2.05) is 13.8 Å². The van der Waals surface area contributed by atoms with Gasteiger partial charge in [0.25, 0.3) is 0 Å². The van der Waals surface area contributed by atoms with Crippen LogP contribution in [-0.2, 0) is 9.59 Å². The Morgan fingerprint density at radius 3 is 1.89 bits per heavy atom. The largest absolute Gasteiger partial charge is 0.392 e. The fourth-order valence-corrected chi connectivity index (χ4v) is 2.16. The van der Waals surface area contributed by atoms with E-state index >= 15 is 0 Å². The minimum absolute atomic E-state index is 0.0379. The molecule has 104 valence electrons. The Labute approximate surface area is 114 Å². The van der Waals surface area contributed by atoms with Gasteiger partial charge in [0.05, 0.1) is 16.9 Å². The number of likely N-dealkylation sites (N-methyl/N-ethyl adjacent to an activating group) is 2. The fraction of sp³-hybridized carbons (Fsp3) is 0.750. The van der Waals surface area contributed by atoms with Crippen LogP contribution in [0.5, 0.6) is 0 Å². The van der Waals surface area contributed by atoms with Gasteiger partial charge in [-0.15, -0.1) is 0 Å². The third-order valence-electron chi connectivity index (χ3n) is 3.31. The van der Waals surface area contributed by atoms with Gasteiger partial charge in [0, 0.05) is 21.1 Å². The highest BCUT2D eigenvalue weighted by Gasteiger charge is 2.40. The molecule has 0 aliphatic carbocycles. The standard InChI is InChI=1S/C12H23N3O2S/c1-6-12(7-2,10(13)18)11(17)15(5)8-9(16)14(3)4/h6-8H2,1-5H3,(H2,13,18). The van der Waals surface area contributed by atoms with E-state index in [0.717, 1.165) is 0 Å². The summed E-state index contributed by atoms with van der Waals surface area (Å²) in [5.41, 5.74) is 4.87. The zero-order valence-corrected chi connectivity index (χ0v) is 12.6. The third kappa shape index (κ3) is 3.41. The molecule has 0 aromatic heterocycles. The molecule has 0 saturated carbocycles. The molecule has 0 atom stereocenters. The number of hydrogen-bond donors (Lipinski definition) is 1. The first-order chi connectivity index (χ1) is 8.22. The van der Waals surface area contributed by atoms with Gasteiger partial charge in [0.1, 0.15) is 0 Å². The third-order valence-corrected chi connectivity index (χ3v) is 3.70. The van der Waals surface area contributed by atoms with Crippen LogP contribution in [0.15, 0.2) is 0 Å². The van der Waals surface area contributed by atoms with Gasteiger partial charge in [0.2, 0.25) is 11.8 Å². The highest BCUT2D eigenvalue weighted by Crippen LogP contribution is 2.29. The van der Waals surface area contributed by atoms with Crippen LogP contribution in [0.4, 0.5) is 0 Å². The van der Waals surface area contributed by atoms with Gasteiger partial charge in [-0.1, -0.05) is 26.1 Å². The van der Waals surface area contributed by atoms with Gasteiger partial charge < -0.3 is 15.5 Å². The molecule has 0 saturated heterocycles. The molecule has 0 unspecified atom stereocenters. The van der Waals surface area contributed by atoms with Crippen molar-refractivity contribution in [2.75, 3.05) is 27.7 Å². The van der Waals surface area contributed by atoms with E-state index in [4.69, 9.17) is 18.0 Å². The molecule has 0 heterocycles. The Morgan fingerprint density at radius 1 is 1.17 bits per heavy atom. The van der Waals surface area contributed by atoms with Crippen molar-refractivity contribution in [1.29, 1.82) is 0 Å². The molecule has 0 fully saturated rings. The lowest BCUT2D eigenvalue weighted by atomic mass is 9.81. The number of amides is 2. The first-order valence-electron chi connectivity index (χ1n) is 5.98. The Bertz CT molecular complexity index is 338. The highest BCUT2D eigenvalue weighted by molar-refractivity contribution is 7.80. The molecular weight excluding hydrogens is 250 g/mol. The van der Waals surface area contributed by atoms with Crippen LogP contribution in [0.2, 0.25) is 0 Å². The summed E-state index contributed by atoms with van der Waals surface area (Å²) < 4.78 is 0. The SMILES string of the molecule is CCC(CC)(C(=O)N(C)CC(=O)N(C)C)C(N)=S. The second-order valence-electron chi connectivity index (χ2n) is 4.60. The lowest BCUT2D eigenvalue weighted by Gasteiger charge is -2.33. The van der Waals surface area contributed by atoms with Crippen molar-refractivity contribution in [1.82, 2.24) is 9.80 Å². The average Bonchev–Trinajstić information content (AvgIpc) is 2.30. The Balaban J connectivity index is 5.00. The second-order valence-corrected chi connectivity index (χ2v) is 5.04. The molecule has 0 rings (SSSR count). The number of nitrogens with two attached hydrogens (primary N) is 1. The number of carbonyl (C=O) groups is 2. The maximum atomic E-state index is 12.4. The maximum Gasteiger partial charge on any atom is 0.241 e. The molecule has 0 bridgehead atoms. The molecule has 0 aliphatic heterocycles. The van der Waals surface area contributed by atoms with Crippen molar-refractivity contribution in [3.8, 4) is 0 Å². The van der Waals surface area contributed by atoms with Gasteiger partial charge in [-0.25, -0.2) is 0 Å². The zero-order valence-electron chi connectivity index (χ0n) is 11.8. The topological polar surface area (TPSA) is 66.6 Å². The summed E-state index contributed by atoms with van der Waals surface area (Å²) in [4.78, 5) is 27.1. The first kappa shape index (κ1) is 16.8. The van der Waals surface area contributed by atoms with Crippen molar-refractivity contribution in [3.63, 3.8) is 0 Å². The van der Waals surface area contributed by atoms with E-state index in [-0.39, 0.29) is 23.3 Å². The van der Waals surface area contributed by atoms with Crippen LogP contribution in [-0.4, -0.2) is 54.3 Å². The minimum Gasteiger partial charge on any atom is -0.392 e. The van der Waals surface area contributed by atoms with Crippen LogP contribution in [0.1, 0.15) is 26.7 Å². The van der Waals surface area contributed by atoms with E-state index < -0.39 is 5.41 Å². The van der Waals surface area contributed by atoms with E-state index in [0.29, 0.717) is 12.8 Å². The number of nitrogens with zero attached hydrogens (tertiary/aromatic N) is 2. The summed E-state index contributed by atoms with van der Waals surface area (Å²) in [5.74, 6) is -0.315. The van der Waals surface area contributed by atoms with Gasteiger partial charge in [-0.2, -0.15) is 0 Å². The second kappa shape index (κ2) is 6.68. The van der Waals surface area contributed by atoms with Crippen LogP contribution < -0.4 is 5.73 Å². The Morgan fingerprint density at radius 2 is 1.61 bits per heavy atom. The molecule has 0 aliphatic rings. The van der Waals surface area contributed by atoms with Crippen LogP contribution in [0.3, 0.4) is 0 Å². The van der Waals surface area contributed by atoms with Crippen molar-refractivity contribution in [3.05, 3.63) is 0 Å². The number of carbonyl (C=O) groups excluding carboxylic acids is 2. The maximum absolute atomic E-state index is 12.4. The number of hydrogen-bond acceptors (Lipinski definition) is 3. The lowest BCUT2D eigenvalue weighted by molar-refractivity contribution is -0.142. The predicted octanol–water partition coefficient (Wildman–Crippen LogP) is 0.626. The van der Waals surface area contributed by atoms with Gasteiger partial charge in [-0.05, 0) is 12.8 Å². The quantitative estimate of drug-likeness (QED) is 0.721. The molecule has 2 amide bonds. The Hall–Kier alpha value is -1.17. The smallest absolute Gasteiger partial charge is 0.241 e. The number of rotatable bonds is 6. The van der Waals surface area contributed by atoms with E-state index in [2.05, 4.69) is 0 Å². The van der Waals surface area contributed by atoms with Crippen molar-refractivity contribution in [2.45, 2.75) is 26.7 Å². The molecular formula is C12H23N3O2S. The first-order valence-corrected chi connectivity index (χ1v) is 6.39. The van der Waals surface area contributed by atoms with Crippen LogP contribution in [0.25, 0.3) is 0 Å². The van der Waals surface area contributed by atoms with E-state index in [1.165, 1.54) is 9.80 Å². The zero-order chi connectivity index (χ0) is 14.5. The average molecular weight is 273 g/mol. The van der Waals surface area contributed by atoms with Gasteiger partial charge in [0.15, 0.2) is 0 Å². The van der Waals surface area contributed by atoms with Crippen LogP contribution >= 0.6 is 12.2 Å². The van der Waals surface area contributed by atoms with E-state index in [1.54, 1.807) is 21.1 Å². The summed E-state index contributed by atoms with van der Waals surface area (Å²) >= 11 is 5.02. The van der Waals surface area contributed by atoms with Crippen molar-refractivity contribution < 1.29 is 9.59 Å². The molecule has 0 aromatic carbocycles. The number of thiocarbonyl (C=S) groups is 1. The fourth-order valence-electron chi connectivity index (χ4n) is 1.79. The molecule has 0 spiro atoms. The van der Waals surface area contributed by atoms with E-state index in [9.17, 15) is 9.59 Å². The molecule has 18 heavy (non-hydrogen) atoms. The summed E-state index contributed by atoms with van der Waals surface area (Å²) in [7, 11) is 4.91. The minimum atomic E-state index is -0.837. The summed E-state index contributed by atoms with van der Waals surface area (Å²) in [6.07, 6.45) is 1.08. The summed E-state index contributed by atoms with van der Waals surface area (Å²) in [5, 5.41) is 0. The monoisotopic (exact) mass is 273 g/mol. The van der Waals surface area contributed by atoms with Gasteiger partial charge >= 0.3 is 0 Å².